The molecule has 0 heterocycles. The minimum atomic E-state index is -3.38. The molecular weight excluding hydrogens is 224 g/mol. The molecule has 0 aliphatic rings. The van der Waals surface area contributed by atoms with Crippen LogP contribution in [0.4, 0.5) is 5.69 Å². The van der Waals surface area contributed by atoms with E-state index in [1.165, 1.54) is 18.4 Å². The summed E-state index contributed by atoms with van der Waals surface area (Å²) in [5.41, 5.74) is 0.695. The molecule has 0 fully saturated rings. The average Bonchev–Trinajstić information content (AvgIpc) is 2.26. The summed E-state index contributed by atoms with van der Waals surface area (Å²) in [5, 5.41) is 2.93. The smallest absolute Gasteiger partial charge is 0.242 e. The third kappa shape index (κ3) is 2.75. The zero-order chi connectivity index (χ0) is 12.2. The monoisotopic (exact) mass is 238 g/mol. The topological polar surface area (TPSA) is 49.4 Å². The maximum absolute atomic E-state index is 11.8. The van der Waals surface area contributed by atoms with E-state index < -0.39 is 10.0 Å². The lowest BCUT2D eigenvalue weighted by Gasteiger charge is -2.12. The second-order valence-corrected chi connectivity index (χ2v) is 5.52. The predicted octanol–water partition coefficient (Wildman–Crippen LogP) is 0.982. The Morgan fingerprint density at radius 3 is 2.69 bits per heavy atom. The second-order valence-electron chi connectivity index (χ2n) is 3.37. The minimum absolute atomic E-state index is 0.250. The van der Waals surface area contributed by atoms with Crippen LogP contribution >= 0.6 is 0 Å². The van der Waals surface area contributed by atoms with E-state index in [9.17, 15) is 8.42 Å². The maximum Gasteiger partial charge on any atom is 0.242 e. The number of terminal acetylenes is 1. The van der Waals surface area contributed by atoms with E-state index in [-0.39, 0.29) is 4.90 Å². The van der Waals surface area contributed by atoms with Crippen molar-refractivity contribution in [3.05, 3.63) is 24.3 Å². The average molecular weight is 238 g/mol. The molecule has 1 N–H and O–H groups in total. The molecule has 1 aromatic rings. The van der Waals surface area contributed by atoms with Crippen molar-refractivity contribution in [1.82, 2.24) is 4.31 Å². The van der Waals surface area contributed by atoms with Crippen molar-refractivity contribution in [2.45, 2.75) is 4.90 Å². The molecular formula is C11H14N2O2S. The van der Waals surface area contributed by atoms with Gasteiger partial charge in [0.2, 0.25) is 10.0 Å². The van der Waals surface area contributed by atoms with Gasteiger partial charge < -0.3 is 5.32 Å². The first-order chi connectivity index (χ1) is 7.48. The van der Waals surface area contributed by atoms with E-state index in [0.717, 1.165) is 0 Å². The van der Waals surface area contributed by atoms with E-state index in [4.69, 9.17) is 6.42 Å². The van der Waals surface area contributed by atoms with Gasteiger partial charge in [-0.15, -0.1) is 6.42 Å². The summed E-state index contributed by atoms with van der Waals surface area (Å²) in [6, 6.07) is 6.56. The molecule has 0 radical (unpaired) electrons. The number of hydrogen-bond donors (Lipinski definition) is 1. The van der Waals surface area contributed by atoms with E-state index in [1.54, 1.807) is 24.3 Å². The van der Waals surface area contributed by atoms with Crippen molar-refractivity contribution in [2.75, 3.05) is 26.0 Å². The van der Waals surface area contributed by atoms with Crippen LogP contribution in [0.15, 0.2) is 29.2 Å². The van der Waals surface area contributed by atoms with Crippen molar-refractivity contribution < 1.29 is 8.42 Å². The van der Waals surface area contributed by atoms with Crippen LogP contribution in [0.5, 0.6) is 0 Å². The van der Waals surface area contributed by atoms with Crippen molar-refractivity contribution in [3.8, 4) is 12.3 Å². The fourth-order valence-corrected chi connectivity index (χ4v) is 2.08. The quantitative estimate of drug-likeness (QED) is 0.796. The first-order valence-corrected chi connectivity index (χ1v) is 6.12. The molecule has 86 valence electrons. The highest BCUT2D eigenvalue weighted by atomic mass is 32.2. The van der Waals surface area contributed by atoms with Gasteiger partial charge in [0.15, 0.2) is 0 Å². The van der Waals surface area contributed by atoms with Crippen LogP contribution in [0.1, 0.15) is 0 Å². The largest absolute Gasteiger partial charge is 0.374 e. The standard InChI is InChI=1S/C11H14N2O2S/c1-4-8-12-10-6-5-7-11(9-10)16(14,15)13(2)3/h1,5-7,9,12H,8H2,2-3H3. The zero-order valence-electron chi connectivity index (χ0n) is 9.27. The summed E-state index contributed by atoms with van der Waals surface area (Å²) >= 11 is 0. The predicted molar refractivity (Wildman–Crippen MR) is 64.6 cm³/mol. The summed E-state index contributed by atoms with van der Waals surface area (Å²) in [6.45, 7) is 0.367. The molecule has 1 rings (SSSR count). The van der Waals surface area contributed by atoms with Crippen molar-refractivity contribution in [1.29, 1.82) is 0 Å². The van der Waals surface area contributed by atoms with Gasteiger partial charge in [-0.05, 0) is 18.2 Å². The Kier molecular flexibility index (Phi) is 3.93. The number of anilines is 1. The summed E-state index contributed by atoms with van der Waals surface area (Å²) in [6.07, 6.45) is 5.11. The lowest BCUT2D eigenvalue weighted by atomic mass is 10.3. The first-order valence-electron chi connectivity index (χ1n) is 4.68. The van der Waals surface area contributed by atoms with Gasteiger partial charge >= 0.3 is 0 Å². The molecule has 0 aliphatic carbocycles. The Labute approximate surface area is 96.3 Å². The summed E-state index contributed by atoms with van der Waals surface area (Å²) in [5.74, 6) is 2.43. The SMILES string of the molecule is C#CCNc1cccc(S(=O)(=O)N(C)C)c1. The lowest BCUT2D eigenvalue weighted by Crippen LogP contribution is -2.22. The van der Waals surface area contributed by atoms with Gasteiger partial charge in [0.25, 0.3) is 0 Å². The summed E-state index contributed by atoms with van der Waals surface area (Å²) in [7, 11) is -0.389. The molecule has 0 bridgehead atoms. The highest BCUT2D eigenvalue weighted by Crippen LogP contribution is 2.17. The molecule has 0 aromatic heterocycles. The molecule has 4 nitrogen and oxygen atoms in total. The van der Waals surface area contributed by atoms with Gasteiger partial charge in [0.05, 0.1) is 11.4 Å². The molecule has 0 saturated carbocycles. The normalized spacial score (nSPS) is 11.1. The summed E-state index contributed by atoms with van der Waals surface area (Å²) in [4.78, 5) is 0.250. The second kappa shape index (κ2) is 5.01. The Balaban J connectivity index is 3.05. The van der Waals surface area contributed by atoms with Crippen LogP contribution in [-0.2, 0) is 10.0 Å². The number of nitrogens with zero attached hydrogens (tertiary/aromatic N) is 1. The Hall–Kier alpha value is -1.51. The van der Waals surface area contributed by atoms with Crippen LogP contribution in [-0.4, -0.2) is 33.4 Å². The van der Waals surface area contributed by atoms with Crippen LogP contribution in [0.3, 0.4) is 0 Å². The number of rotatable bonds is 4. The molecule has 16 heavy (non-hydrogen) atoms. The summed E-state index contributed by atoms with van der Waals surface area (Å²) < 4.78 is 24.8. The van der Waals surface area contributed by atoms with Crippen LogP contribution in [0.2, 0.25) is 0 Å². The molecule has 0 aliphatic heterocycles. The molecule has 0 atom stereocenters. The fraction of sp³-hybridized carbons (Fsp3) is 0.273. The van der Waals surface area contributed by atoms with Crippen LogP contribution in [0, 0.1) is 12.3 Å². The zero-order valence-corrected chi connectivity index (χ0v) is 10.1. The van der Waals surface area contributed by atoms with Gasteiger partial charge in [-0.2, -0.15) is 0 Å². The van der Waals surface area contributed by atoms with E-state index >= 15 is 0 Å². The van der Waals surface area contributed by atoms with Crippen LogP contribution < -0.4 is 5.32 Å². The third-order valence-corrected chi connectivity index (χ3v) is 3.82. The molecule has 5 heteroatoms. The van der Waals surface area contributed by atoms with E-state index in [0.29, 0.717) is 12.2 Å². The van der Waals surface area contributed by atoms with Gasteiger partial charge in [-0.1, -0.05) is 12.0 Å². The first kappa shape index (κ1) is 12.6. The Morgan fingerprint density at radius 2 is 2.12 bits per heavy atom. The molecule has 0 saturated heterocycles. The number of hydrogen-bond acceptors (Lipinski definition) is 3. The molecule has 0 amide bonds. The van der Waals surface area contributed by atoms with Crippen molar-refractivity contribution in [2.24, 2.45) is 0 Å². The maximum atomic E-state index is 11.8. The van der Waals surface area contributed by atoms with Crippen LogP contribution in [0.25, 0.3) is 0 Å². The van der Waals surface area contributed by atoms with Crippen molar-refractivity contribution >= 4 is 15.7 Å². The van der Waals surface area contributed by atoms with Gasteiger partial charge in [0.1, 0.15) is 0 Å². The lowest BCUT2D eigenvalue weighted by molar-refractivity contribution is 0.521. The van der Waals surface area contributed by atoms with E-state index in [1.807, 2.05) is 0 Å². The Bertz CT molecular complexity index is 501. The third-order valence-electron chi connectivity index (χ3n) is 2.01. The van der Waals surface area contributed by atoms with Gasteiger partial charge in [-0.3, -0.25) is 0 Å². The molecule has 0 spiro atoms. The molecule has 0 unspecified atom stereocenters. The number of nitrogens with one attached hydrogen (secondary N) is 1. The van der Waals surface area contributed by atoms with Gasteiger partial charge in [0, 0.05) is 19.8 Å². The highest BCUT2D eigenvalue weighted by Gasteiger charge is 2.16. The van der Waals surface area contributed by atoms with E-state index in [2.05, 4.69) is 11.2 Å². The number of benzene rings is 1. The van der Waals surface area contributed by atoms with Crippen molar-refractivity contribution in [3.63, 3.8) is 0 Å². The fourth-order valence-electron chi connectivity index (χ4n) is 1.13. The minimum Gasteiger partial charge on any atom is -0.374 e. The number of sulfonamides is 1. The highest BCUT2D eigenvalue weighted by molar-refractivity contribution is 7.89. The van der Waals surface area contributed by atoms with Gasteiger partial charge in [-0.25, -0.2) is 12.7 Å². The Morgan fingerprint density at radius 1 is 1.44 bits per heavy atom. The molecule has 1 aromatic carbocycles.